The zero-order chi connectivity index (χ0) is 10.3. The average Bonchev–Trinajstić information content (AvgIpc) is 2.00. The third kappa shape index (κ3) is 6.49. The van der Waals surface area contributed by atoms with E-state index in [9.17, 15) is 14.4 Å². The van der Waals surface area contributed by atoms with Crippen molar-refractivity contribution >= 4 is 17.5 Å². The summed E-state index contributed by atoms with van der Waals surface area (Å²) in [5, 5.41) is 16.3. The number of aliphatic hydroxyl groups excluding tert-OH is 1. The number of allylic oxidation sites excluding steroid dienone is 3. The Morgan fingerprint density at radius 1 is 1.08 bits per heavy atom. The molecule has 0 unspecified atom stereocenters. The minimum absolute atomic E-state index is 0.536. The first-order valence-electron chi connectivity index (χ1n) is 3.33. The normalized spacial score (nSPS) is 10.8. The van der Waals surface area contributed by atoms with Gasteiger partial charge in [-0.05, 0) is 12.2 Å². The molecular weight excluding hydrogens is 176 g/mol. The summed E-state index contributed by atoms with van der Waals surface area (Å²) >= 11 is 0. The van der Waals surface area contributed by atoms with Crippen molar-refractivity contribution in [3.05, 3.63) is 24.5 Å². The molecule has 0 aromatic carbocycles. The molecule has 0 fully saturated rings. The van der Waals surface area contributed by atoms with Gasteiger partial charge >= 0.3 is 5.97 Å². The van der Waals surface area contributed by atoms with E-state index in [1.165, 1.54) is 0 Å². The van der Waals surface area contributed by atoms with Crippen molar-refractivity contribution in [3.63, 3.8) is 0 Å². The van der Waals surface area contributed by atoms with Gasteiger partial charge in [-0.1, -0.05) is 0 Å². The number of ketones is 2. The molecule has 0 radical (unpaired) electrons. The number of rotatable bonds is 5. The van der Waals surface area contributed by atoms with Gasteiger partial charge in [0.15, 0.2) is 11.6 Å². The molecule has 5 nitrogen and oxygen atoms in total. The van der Waals surface area contributed by atoms with E-state index in [0.29, 0.717) is 6.26 Å². The van der Waals surface area contributed by atoms with Gasteiger partial charge in [0.2, 0.25) is 0 Å². The second-order valence-electron chi connectivity index (χ2n) is 2.09. The van der Waals surface area contributed by atoms with Gasteiger partial charge in [0, 0.05) is 6.08 Å². The van der Waals surface area contributed by atoms with Gasteiger partial charge in [0.1, 0.15) is 6.42 Å². The van der Waals surface area contributed by atoms with E-state index in [-0.39, 0.29) is 0 Å². The van der Waals surface area contributed by atoms with E-state index in [2.05, 4.69) is 0 Å². The van der Waals surface area contributed by atoms with Crippen LogP contribution >= 0.6 is 0 Å². The number of aliphatic carboxylic acids is 1. The fourth-order valence-electron chi connectivity index (χ4n) is 0.512. The van der Waals surface area contributed by atoms with Crippen molar-refractivity contribution < 1.29 is 24.6 Å². The number of carboxylic acid groups (broad SMARTS) is 1. The van der Waals surface area contributed by atoms with Gasteiger partial charge < -0.3 is 10.2 Å². The van der Waals surface area contributed by atoms with Gasteiger partial charge in [0.25, 0.3) is 0 Å². The number of carbonyl (C=O) groups is 3. The summed E-state index contributed by atoms with van der Waals surface area (Å²) in [6.07, 6.45) is 2.47. The molecule has 13 heavy (non-hydrogen) atoms. The molecule has 5 heteroatoms. The lowest BCUT2D eigenvalue weighted by atomic mass is 10.2. The first kappa shape index (κ1) is 11.1. The lowest BCUT2D eigenvalue weighted by Crippen LogP contribution is -2.03. The maximum atomic E-state index is 10.7. The summed E-state index contributed by atoms with van der Waals surface area (Å²) in [4.78, 5) is 31.2. The Hall–Kier alpha value is -1.91. The van der Waals surface area contributed by atoms with Gasteiger partial charge in [-0.2, -0.15) is 0 Å². The summed E-state index contributed by atoms with van der Waals surface area (Å²) in [5.74, 6) is -2.51. The van der Waals surface area contributed by atoms with E-state index in [1.807, 2.05) is 0 Å². The zero-order valence-corrected chi connectivity index (χ0v) is 6.64. The summed E-state index contributed by atoms with van der Waals surface area (Å²) < 4.78 is 0. The van der Waals surface area contributed by atoms with Crippen molar-refractivity contribution in [2.45, 2.75) is 6.42 Å². The molecule has 0 rings (SSSR count). The Labute approximate surface area is 74.0 Å². The molecule has 0 saturated carbocycles. The standard InChI is InChI=1S/C8H8O5/c9-4-3-6(10)1-2-7(11)5-8(12)13/h1-4,9H,5H2,(H,12,13)/b2-1+,4-3+. The summed E-state index contributed by atoms with van der Waals surface area (Å²) in [6.45, 7) is 0. The highest BCUT2D eigenvalue weighted by Gasteiger charge is 2.03. The van der Waals surface area contributed by atoms with Crippen LogP contribution in [-0.2, 0) is 14.4 Å². The fourth-order valence-corrected chi connectivity index (χ4v) is 0.512. The molecule has 0 spiro atoms. The minimum atomic E-state index is -1.25. The molecule has 0 bridgehead atoms. The van der Waals surface area contributed by atoms with E-state index < -0.39 is 24.0 Å². The molecule has 0 aliphatic heterocycles. The van der Waals surface area contributed by atoms with Crippen molar-refractivity contribution in [2.24, 2.45) is 0 Å². The molecule has 0 aromatic heterocycles. The predicted octanol–water partition coefficient (Wildman–Crippen LogP) is 0.227. The predicted molar refractivity (Wildman–Crippen MR) is 43.2 cm³/mol. The van der Waals surface area contributed by atoms with E-state index >= 15 is 0 Å². The lowest BCUT2D eigenvalue weighted by Gasteiger charge is -1.86. The average molecular weight is 184 g/mol. The maximum absolute atomic E-state index is 10.7. The number of hydrogen-bond donors (Lipinski definition) is 2. The fraction of sp³-hybridized carbons (Fsp3) is 0.125. The summed E-state index contributed by atoms with van der Waals surface area (Å²) in [5.41, 5.74) is 0. The molecule has 2 N–H and O–H groups in total. The van der Waals surface area contributed by atoms with Crippen LogP contribution in [0.2, 0.25) is 0 Å². The molecule has 0 heterocycles. The lowest BCUT2D eigenvalue weighted by molar-refractivity contribution is -0.139. The molecule has 70 valence electrons. The first-order valence-corrected chi connectivity index (χ1v) is 3.33. The number of carboxylic acids is 1. The minimum Gasteiger partial charge on any atom is -0.515 e. The highest BCUT2D eigenvalue weighted by molar-refractivity contribution is 6.07. The van der Waals surface area contributed by atoms with Gasteiger partial charge in [-0.3, -0.25) is 14.4 Å². The zero-order valence-electron chi connectivity index (χ0n) is 6.64. The maximum Gasteiger partial charge on any atom is 0.311 e. The van der Waals surface area contributed by atoms with Crippen LogP contribution in [0.4, 0.5) is 0 Å². The van der Waals surface area contributed by atoms with Gasteiger partial charge in [0.05, 0.1) is 6.26 Å². The van der Waals surface area contributed by atoms with Crippen molar-refractivity contribution in [1.82, 2.24) is 0 Å². The second kappa shape index (κ2) is 5.70. The molecule has 0 aliphatic carbocycles. The Morgan fingerprint density at radius 2 is 1.69 bits per heavy atom. The van der Waals surface area contributed by atoms with Crippen LogP contribution in [0, 0.1) is 0 Å². The van der Waals surface area contributed by atoms with Gasteiger partial charge in [-0.15, -0.1) is 0 Å². The van der Waals surface area contributed by atoms with Crippen LogP contribution in [0.1, 0.15) is 6.42 Å². The topological polar surface area (TPSA) is 91.7 Å². The van der Waals surface area contributed by atoms with Crippen molar-refractivity contribution in [3.8, 4) is 0 Å². The molecule has 0 amide bonds. The molecular formula is C8H8O5. The molecule has 0 aromatic rings. The second-order valence-corrected chi connectivity index (χ2v) is 2.09. The largest absolute Gasteiger partial charge is 0.515 e. The Bertz CT molecular complexity index is 274. The number of aliphatic hydroxyl groups is 1. The summed E-state index contributed by atoms with van der Waals surface area (Å²) in [6, 6.07) is 0. The molecule has 0 saturated heterocycles. The quantitative estimate of drug-likeness (QED) is 0.362. The molecule has 0 aliphatic rings. The Balaban J connectivity index is 4.04. The smallest absolute Gasteiger partial charge is 0.311 e. The van der Waals surface area contributed by atoms with Crippen LogP contribution in [0.25, 0.3) is 0 Å². The van der Waals surface area contributed by atoms with Crippen molar-refractivity contribution in [2.75, 3.05) is 0 Å². The van der Waals surface area contributed by atoms with E-state index in [4.69, 9.17) is 10.2 Å². The third-order valence-electron chi connectivity index (χ3n) is 0.998. The first-order chi connectivity index (χ1) is 6.06. The van der Waals surface area contributed by atoms with E-state index in [0.717, 1.165) is 18.2 Å². The summed E-state index contributed by atoms with van der Waals surface area (Å²) in [7, 11) is 0. The van der Waals surface area contributed by atoms with Crippen LogP contribution in [0.5, 0.6) is 0 Å². The SMILES string of the molecule is O=C(/C=C/O)/C=C/C(=O)CC(=O)O. The third-order valence-corrected chi connectivity index (χ3v) is 0.998. The van der Waals surface area contributed by atoms with Crippen molar-refractivity contribution in [1.29, 1.82) is 0 Å². The highest BCUT2D eigenvalue weighted by atomic mass is 16.4. The molecule has 0 atom stereocenters. The number of carbonyl (C=O) groups excluding carboxylic acids is 2. The monoisotopic (exact) mass is 184 g/mol. The van der Waals surface area contributed by atoms with E-state index in [1.54, 1.807) is 0 Å². The van der Waals surface area contributed by atoms with Crippen LogP contribution in [0.3, 0.4) is 0 Å². The number of hydrogen-bond acceptors (Lipinski definition) is 4. The Kier molecular flexibility index (Phi) is 4.87. The van der Waals surface area contributed by atoms with Crippen LogP contribution < -0.4 is 0 Å². The van der Waals surface area contributed by atoms with Crippen LogP contribution in [0.15, 0.2) is 24.5 Å². The van der Waals surface area contributed by atoms with Gasteiger partial charge in [-0.25, -0.2) is 0 Å². The Morgan fingerprint density at radius 3 is 2.15 bits per heavy atom. The van der Waals surface area contributed by atoms with Crippen LogP contribution in [-0.4, -0.2) is 27.7 Å². The highest BCUT2D eigenvalue weighted by Crippen LogP contribution is 1.87.